The Hall–Kier alpha value is -2.82. The number of ether oxygens (including phenoxy) is 1. The van der Waals surface area contributed by atoms with Crippen LogP contribution in [0.25, 0.3) is 5.57 Å². The maximum absolute atomic E-state index is 12.0. The van der Waals surface area contributed by atoms with Crippen LogP contribution in [0.1, 0.15) is 12.5 Å². The summed E-state index contributed by atoms with van der Waals surface area (Å²) in [4.78, 5) is 16.0. The smallest absolute Gasteiger partial charge is 0.340 e. The first-order chi connectivity index (χ1) is 10.3. The molecule has 0 radical (unpaired) electrons. The van der Waals surface area contributed by atoms with Gasteiger partial charge in [0.15, 0.2) is 0 Å². The van der Waals surface area contributed by atoms with E-state index >= 15 is 0 Å². The number of para-hydroxylation sites is 1. The number of hydrogen-bond acceptors (Lipinski definition) is 5. The molecule has 2 N–H and O–H groups in total. The van der Waals surface area contributed by atoms with Gasteiger partial charge in [-0.1, -0.05) is 24.3 Å². The lowest BCUT2D eigenvalue weighted by molar-refractivity contribution is -0.136. The van der Waals surface area contributed by atoms with E-state index in [1.807, 2.05) is 30.3 Å². The molecule has 5 heteroatoms. The standard InChI is InChI=1S/C16H17N3O2/c1-2-21-16(20)15(13-7-6-10-17-11-13)12-18-19-14-8-4-3-5-9-14/h3-12,18-19H,2H2,1H3. The average Bonchev–Trinajstić information content (AvgIpc) is 2.53. The number of benzene rings is 1. The summed E-state index contributed by atoms with van der Waals surface area (Å²) in [6.45, 7) is 2.09. The number of pyridine rings is 1. The number of hydrazine groups is 1. The van der Waals surface area contributed by atoms with Gasteiger partial charge in [0.1, 0.15) is 0 Å². The van der Waals surface area contributed by atoms with Crippen LogP contribution < -0.4 is 10.9 Å². The molecule has 0 fully saturated rings. The Morgan fingerprint density at radius 2 is 2.05 bits per heavy atom. The van der Waals surface area contributed by atoms with Gasteiger partial charge in [-0.25, -0.2) is 4.79 Å². The second kappa shape index (κ2) is 7.69. The third kappa shape index (κ3) is 4.35. The molecule has 2 rings (SSSR count). The van der Waals surface area contributed by atoms with E-state index in [1.165, 1.54) is 0 Å². The van der Waals surface area contributed by atoms with E-state index in [4.69, 9.17) is 4.74 Å². The molecule has 0 unspecified atom stereocenters. The molecule has 0 amide bonds. The average molecular weight is 283 g/mol. The van der Waals surface area contributed by atoms with Gasteiger partial charge in [0.05, 0.1) is 17.9 Å². The molecule has 0 spiro atoms. The zero-order chi connectivity index (χ0) is 14.9. The van der Waals surface area contributed by atoms with Crippen LogP contribution in [0.4, 0.5) is 5.69 Å². The van der Waals surface area contributed by atoms with Crippen LogP contribution >= 0.6 is 0 Å². The van der Waals surface area contributed by atoms with Gasteiger partial charge in [-0.3, -0.25) is 4.98 Å². The van der Waals surface area contributed by atoms with E-state index in [9.17, 15) is 4.79 Å². The third-order valence-corrected chi connectivity index (χ3v) is 2.67. The van der Waals surface area contributed by atoms with E-state index in [2.05, 4.69) is 15.8 Å². The molecule has 0 atom stereocenters. The lowest BCUT2D eigenvalue weighted by Gasteiger charge is -2.09. The molecule has 2 aromatic rings. The maximum Gasteiger partial charge on any atom is 0.340 e. The van der Waals surface area contributed by atoms with Gasteiger partial charge < -0.3 is 15.6 Å². The summed E-state index contributed by atoms with van der Waals surface area (Å²) in [6.07, 6.45) is 4.84. The van der Waals surface area contributed by atoms with Crippen LogP contribution in [0.2, 0.25) is 0 Å². The number of nitrogens with zero attached hydrogens (tertiary/aromatic N) is 1. The molecule has 0 saturated carbocycles. The normalized spacial score (nSPS) is 10.8. The molecule has 0 aliphatic heterocycles. The van der Waals surface area contributed by atoms with Crippen LogP contribution in [0.3, 0.4) is 0 Å². The summed E-state index contributed by atoms with van der Waals surface area (Å²) in [5.41, 5.74) is 7.88. The molecule has 108 valence electrons. The molecule has 1 aromatic heterocycles. The second-order valence-electron chi connectivity index (χ2n) is 4.16. The first-order valence-corrected chi connectivity index (χ1v) is 6.65. The molecule has 1 heterocycles. The minimum atomic E-state index is -0.395. The van der Waals surface area contributed by atoms with Crippen LogP contribution in [-0.2, 0) is 9.53 Å². The predicted molar refractivity (Wildman–Crippen MR) is 82.0 cm³/mol. The monoisotopic (exact) mass is 283 g/mol. The van der Waals surface area contributed by atoms with Crippen molar-refractivity contribution < 1.29 is 9.53 Å². The number of anilines is 1. The molecular weight excluding hydrogens is 266 g/mol. The van der Waals surface area contributed by atoms with Crippen molar-refractivity contribution in [2.75, 3.05) is 12.0 Å². The summed E-state index contributed by atoms with van der Waals surface area (Å²) in [6, 6.07) is 13.2. The summed E-state index contributed by atoms with van der Waals surface area (Å²) in [5, 5.41) is 0. The minimum absolute atomic E-state index is 0.322. The number of nitrogens with one attached hydrogen (secondary N) is 2. The first-order valence-electron chi connectivity index (χ1n) is 6.65. The van der Waals surface area contributed by atoms with Crippen molar-refractivity contribution in [3.05, 3.63) is 66.6 Å². The molecule has 0 aliphatic carbocycles. The highest BCUT2D eigenvalue weighted by Crippen LogP contribution is 2.14. The number of carbonyl (C=O) groups excluding carboxylic acids is 1. The van der Waals surface area contributed by atoms with Crippen molar-refractivity contribution in [3.63, 3.8) is 0 Å². The number of rotatable bonds is 6. The Morgan fingerprint density at radius 3 is 2.71 bits per heavy atom. The SMILES string of the molecule is CCOC(=O)C(=CNNc1ccccc1)c1cccnc1. The van der Waals surface area contributed by atoms with Gasteiger partial charge in [-0.2, -0.15) is 0 Å². The predicted octanol–water partition coefficient (Wildman–Crippen LogP) is 2.60. The van der Waals surface area contributed by atoms with Crippen LogP contribution in [-0.4, -0.2) is 17.6 Å². The Balaban J connectivity index is 2.11. The molecule has 21 heavy (non-hydrogen) atoms. The number of hydrogen-bond donors (Lipinski definition) is 2. The molecule has 1 aromatic carbocycles. The lowest BCUT2D eigenvalue weighted by Crippen LogP contribution is -2.17. The highest BCUT2D eigenvalue weighted by Gasteiger charge is 2.12. The van der Waals surface area contributed by atoms with Crippen LogP contribution in [0, 0.1) is 0 Å². The van der Waals surface area contributed by atoms with E-state index in [1.54, 1.807) is 37.7 Å². The van der Waals surface area contributed by atoms with Gasteiger partial charge in [-0.15, -0.1) is 0 Å². The van der Waals surface area contributed by atoms with Crippen molar-refractivity contribution in [1.29, 1.82) is 0 Å². The Labute approximate surface area is 123 Å². The number of carbonyl (C=O) groups is 1. The zero-order valence-electron chi connectivity index (χ0n) is 11.7. The van der Waals surface area contributed by atoms with Crippen molar-refractivity contribution >= 4 is 17.2 Å². The van der Waals surface area contributed by atoms with E-state index in [0.717, 1.165) is 5.69 Å². The summed E-state index contributed by atoms with van der Waals surface area (Å²) < 4.78 is 5.06. The van der Waals surface area contributed by atoms with Gasteiger partial charge in [-0.05, 0) is 25.1 Å². The van der Waals surface area contributed by atoms with Gasteiger partial charge in [0, 0.05) is 24.2 Å². The topological polar surface area (TPSA) is 63.2 Å². The largest absolute Gasteiger partial charge is 0.462 e. The second-order valence-corrected chi connectivity index (χ2v) is 4.16. The first kappa shape index (κ1) is 14.6. The molecule has 0 bridgehead atoms. The fourth-order valence-electron chi connectivity index (χ4n) is 1.70. The third-order valence-electron chi connectivity index (χ3n) is 2.67. The van der Waals surface area contributed by atoms with Crippen LogP contribution in [0.5, 0.6) is 0 Å². The van der Waals surface area contributed by atoms with E-state index in [-0.39, 0.29) is 0 Å². The lowest BCUT2D eigenvalue weighted by atomic mass is 10.1. The van der Waals surface area contributed by atoms with Crippen molar-refractivity contribution in [1.82, 2.24) is 10.4 Å². The fourth-order valence-corrected chi connectivity index (χ4v) is 1.70. The summed E-state index contributed by atoms with van der Waals surface area (Å²) >= 11 is 0. The summed E-state index contributed by atoms with van der Waals surface area (Å²) in [7, 11) is 0. The Bertz CT molecular complexity index is 597. The van der Waals surface area contributed by atoms with Gasteiger partial charge >= 0.3 is 5.97 Å². The molecule has 0 aliphatic rings. The number of aromatic nitrogens is 1. The Kier molecular flexibility index (Phi) is 5.34. The molecule has 0 saturated heterocycles. The maximum atomic E-state index is 12.0. The molecular formula is C16H17N3O2. The molecule has 5 nitrogen and oxygen atoms in total. The quantitative estimate of drug-likeness (QED) is 0.485. The number of esters is 1. The van der Waals surface area contributed by atoms with Crippen molar-refractivity contribution in [2.24, 2.45) is 0 Å². The van der Waals surface area contributed by atoms with Crippen LogP contribution in [0.15, 0.2) is 61.1 Å². The van der Waals surface area contributed by atoms with Crippen molar-refractivity contribution in [2.45, 2.75) is 6.92 Å². The van der Waals surface area contributed by atoms with Gasteiger partial charge in [0.25, 0.3) is 0 Å². The van der Waals surface area contributed by atoms with Gasteiger partial charge in [0.2, 0.25) is 0 Å². The highest BCUT2D eigenvalue weighted by molar-refractivity contribution is 6.16. The minimum Gasteiger partial charge on any atom is -0.462 e. The van der Waals surface area contributed by atoms with Crippen molar-refractivity contribution in [3.8, 4) is 0 Å². The highest BCUT2D eigenvalue weighted by atomic mass is 16.5. The van der Waals surface area contributed by atoms with E-state index in [0.29, 0.717) is 17.7 Å². The van der Waals surface area contributed by atoms with E-state index < -0.39 is 5.97 Å². The fraction of sp³-hybridized carbons (Fsp3) is 0.125. The zero-order valence-corrected chi connectivity index (χ0v) is 11.7. The Morgan fingerprint density at radius 1 is 1.24 bits per heavy atom. The summed E-state index contributed by atoms with van der Waals surface area (Å²) in [5.74, 6) is -0.395.